The van der Waals surface area contributed by atoms with Gasteiger partial charge in [0.2, 0.25) is 0 Å². The van der Waals surface area contributed by atoms with E-state index in [1.807, 2.05) is 16.6 Å². The van der Waals surface area contributed by atoms with Crippen LogP contribution in [0, 0.1) is 13.8 Å². The predicted molar refractivity (Wildman–Crippen MR) is 122 cm³/mol. The van der Waals surface area contributed by atoms with Crippen molar-refractivity contribution in [2.75, 3.05) is 31.1 Å². The summed E-state index contributed by atoms with van der Waals surface area (Å²) in [6.07, 6.45) is 0. The van der Waals surface area contributed by atoms with Crippen LogP contribution in [0.3, 0.4) is 0 Å². The number of nitrogens with zero attached hydrogens (tertiary/aromatic N) is 4. The Hall–Kier alpha value is -2.73. The van der Waals surface area contributed by atoms with Crippen LogP contribution in [0.2, 0.25) is 0 Å². The van der Waals surface area contributed by atoms with Gasteiger partial charge in [0, 0.05) is 60.7 Å². The van der Waals surface area contributed by atoms with Gasteiger partial charge < -0.3 is 9.80 Å². The predicted octanol–water partition coefficient (Wildman–Crippen LogP) is 4.27. The lowest BCUT2D eigenvalue weighted by Gasteiger charge is -2.36. The topological polar surface area (TPSA) is 41.4 Å². The minimum absolute atomic E-state index is 0.0624. The van der Waals surface area contributed by atoms with Gasteiger partial charge in [-0.1, -0.05) is 30.3 Å². The van der Waals surface area contributed by atoms with E-state index in [-0.39, 0.29) is 5.91 Å². The molecule has 0 aliphatic carbocycles. The van der Waals surface area contributed by atoms with Gasteiger partial charge in [0.1, 0.15) is 0 Å². The van der Waals surface area contributed by atoms with Crippen molar-refractivity contribution in [3.8, 4) is 11.3 Å². The molecule has 0 bridgehead atoms. The molecule has 3 aromatic rings. The first-order chi connectivity index (χ1) is 14.5. The zero-order valence-corrected chi connectivity index (χ0v) is 18.5. The number of piperazine rings is 1. The van der Waals surface area contributed by atoms with Crippen LogP contribution < -0.4 is 4.90 Å². The molecule has 1 amide bonds. The van der Waals surface area contributed by atoms with Gasteiger partial charge in [0.15, 0.2) is 5.69 Å². The molecule has 0 atom stereocenters. The third-order valence-corrected chi connectivity index (χ3v) is 7.23. The van der Waals surface area contributed by atoms with Crippen LogP contribution in [0.5, 0.6) is 0 Å². The number of carbonyl (C=O) groups excluding carboxylic acids is 1. The second kappa shape index (κ2) is 7.51. The summed E-state index contributed by atoms with van der Waals surface area (Å²) in [4.78, 5) is 19.0. The van der Waals surface area contributed by atoms with E-state index in [0.29, 0.717) is 5.69 Å². The smallest absolute Gasteiger partial charge is 0.274 e. The molecule has 3 heterocycles. The summed E-state index contributed by atoms with van der Waals surface area (Å²) in [5.41, 5.74) is 7.80. The summed E-state index contributed by atoms with van der Waals surface area (Å²) in [7, 11) is 1.95. The van der Waals surface area contributed by atoms with E-state index in [4.69, 9.17) is 0 Å². The number of aromatic nitrogens is 2. The lowest BCUT2D eigenvalue weighted by Crippen LogP contribution is -2.49. The summed E-state index contributed by atoms with van der Waals surface area (Å²) < 4.78 is 1.88. The first-order valence-electron chi connectivity index (χ1n) is 10.4. The minimum Gasteiger partial charge on any atom is -0.368 e. The molecule has 0 spiro atoms. The third-order valence-electron chi connectivity index (χ3n) is 6.13. The molecule has 1 aromatic heterocycles. The number of benzene rings is 2. The van der Waals surface area contributed by atoms with Crippen molar-refractivity contribution in [3.63, 3.8) is 0 Å². The third kappa shape index (κ3) is 3.19. The minimum atomic E-state index is 0.0624. The van der Waals surface area contributed by atoms with Crippen molar-refractivity contribution in [1.29, 1.82) is 0 Å². The SMILES string of the molecule is Cc1ccc(C)c(N2CCN(C(=O)c3nn(C)c4c3CSc3ccccc3-4)CC2)c1. The van der Waals surface area contributed by atoms with Gasteiger partial charge in [0.25, 0.3) is 5.91 Å². The van der Waals surface area contributed by atoms with Crippen molar-refractivity contribution in [3.05, 3.63) is 64.8 Å². The average molecular weight is 419 g/mol. The first kappa shape index (κ1) is 19.2. The Balaban J connectivity index is 1.37. The normalized spacial score (nSPS) is 15.7. The Kier molecular flexibility index (Phi) is 4.82. The molecule has 154 valence electrons. The molecule has 1 saturated heterocycles. The molecular formula is C24H26N4OS. The summed E-state index contributed by atoms with van der Waals surface area (Å²) in [6, 6.07) is 15.0. The highest BCUT2D eigenvalue weighted by Gasteiger charge is 2.31. The van der Waals surface area contributed by atoms with Crippen molar-refractivity contribution >= 4 is 23.4 Å². The summed E-state index contributed by atoms with van der Waals surface area (Å²) in [5.74, 6) is 0.858. The number of hydrogen-bond acceptors (Lipinski definition) is 4. The van der Waals surface area contributed by atoms with Crippen molar-refractivity contribution in [2.24, 2.45) is 7.05 Å². The Morgan fingerprint density at radius 1 is 1.03 bits per heavy atom. The fourth-order valence-corrected chi connectivity index (χ4v) is 5.58. The van der Waals surface area contributed by atoms with Crippen LogP contribution in [0.1, 0.15) is 27.2 Å². The zero-order valence-electron chi connectivity index (χ0n) is 17.7. The maximum Gasteiger partial charge on any atom is 0.274 e. The fourth-order valence-electron chi connectivity index (χ4n) is 4.51. The highest BCUT2D eigenvalue weighted by Crippen LogP contribution is 2.42. The molecule has 5 rings (SSSR count). The highest BCUT2D eigenvalue weighted by atomic mass is 32.2. The quantitative estimate of drug-likeness (QED) is 0.623. The number of aryl methyl sites for hydroxylation is 3. The van der Waals surface area contributed by atoms with Gasteiger partial charge in [0.05, 0.1) is 5.69 Å². The van der Waals surface area contributed by atoms with Gasteiger partial charge in [-0.2, -0.15) is 5.10 Å². The van der Waals surface area contributed by atoms with E-state index in [0.717, 1.165) is 43.2 Å². The molecule has 0 N–H and O–H groups in total. The van der Waals surface area contributed by atoms with Gasteiger partial charge in [-0.05, 0) is 37.1 Å². The van der Waals surface area contributed by atoms with Gasteiger partial charge >= 0.3 is 0 Å². The summed E-state index contributed by atoms with van der Waals surface area (Å²) in [6.45, 7) is 7.43. The molecule has 5 nitrogen and oxygen atoms in total. The van der Waals surface area contributed by atoms with Crippen LogP contribution in [0.15, 0.2) is 47.4 Å². The second-order valence-electron chi connectivity index (χ2n) is 8.15. The highest BCUT2D eigenvalue weighted by molar-refractivity contribution is 7.98. The maximum absolute atomic E-state index is 13.4. The van der Waals surface area contributed by atoms with Crippen LogP contribution in [0.4, 0.5) is 5.69 Å². The Labute approximate surface area is 181 Å². The molecule has 6 heteroatoms. The number of thioether (sulfide) groups is 1. The van der Waals surface area contributed by atoms with Gasteiger partial charge in [-0.15, -0.1) is 11.8 Å². The largest absolute Gasteiger partial charge is 0.368 e. The van der Waals surface area contributed by atoms with E-state index in [9.17, 15) is 4.79 Å². The van der Waals surface area contributed by atoms with Crippen molar-refractivity contribution in [2.45, 2.75) is 24.5 Å². The van der Waals surface area contributed by atoms with E-state index < -0.39 is 0 Å². The molecule has 1 fully saturated rings. The molecule has 2 aliphatic rings. The van der Waals surface area contributed by atoms with Crippen molar-refractivity contribution < 1.29 is 4.79 Å². The zero-order chi connectivity index (χ0) is 20.8. The lowest BCUT2D eigenvalue weighted by molar-refractivity contribution is 0.0739. The Morgan fingerprint density at radius 3 is 2.60 bits per heavy atom. The molecule has 0 unspecified atom stereocenters. The van der Waals surface area contributed by atoms with E-state index in [2.05, 4.69) is 66.3 Å². The standard InChI is InChI=1S/C24H26N4OS/c1-16-8-9-17(2)20(14-16)27-10-12-28(13-11-27)24(29)22-19-15-30-21-7-5-4-6-18(21)23(19)26(3)25-22/h4-9,14H,10-13,15H2,1-3H3. The number of amides is 1. The molecule has 0 saturated carbocycles. The van der Waals surface area contributed by atoms with Crippen LogP contribution in [-0.2, 0) is 12.8 Å². The Morgan fingerprint density at radius 2 is 1.80 bits per heavy atom. The number of anilines is 1. The maximum atomic E-state index is 13.4. The van der Waals surface area contributed by atoms with E-state index >= 15 is 0 Å². The number of rotatable bonds is 2. The lowest BCUT2D eigenvalue weighted by atomic mass is 10.1. The summed E-state index contributed by atoms with van der Waals surface area (Å²) >= 11 is 1.79. The van der Waals surface area contributed by atoms with Crippen LogP contribution in [0.25, 0.3) is 11.3 Å². The van der Waals surface area contributed by atoms with Crippen LogP contribution in [-0.4, -0.2) is 46.8 Å². The van der Waals surface area contributed by atoms with Gasteiger partial charge in [-0.25, -0.2) is 0 Å². The monoisotopic (exact) mass is 418 g/mol. The Bertz CT molecular complexity index is 1130. The van der Waals surface area contributed by atoms with Crippen molar-refractivity contribution in [1.82, 2.24) is 14.7 Å². The number of hydrogen-bond donors (Lipinski definition) is 0. The summed E-state index contributed by atoms with van der Waals surface area (Å²) in [5, 5.41) is 4.67. The average Bonchev–Trinajstić information content (AvgIpc) is 3.12. The first-order valence-corrected chi connectivity index (χ1v) is 11.4. The molecular weight excluding hydrogens is 392 g/mol. The second-order valence-corrected chi connectivity index (χ2v) is 9.17. The molecule has 0 radical (unpaired) electrons. The van der Waals surface area contributed by atoms with Gasteiger partial charge in [-0.3, -0.25) is 9.48 Å². The molecule has 2 aliphatic heterocycles. The number of fused-ring (bicyclic) bond motifs is 3. The molecule has 2 aromatic carbocycles. The van der Waals surface area contributed by atoms with Crippen LogP contribution >= 0.6 is 11.8 Å². The fraction of sp³-hybridized carbons (Fsp3) is 0.333. The molecule has 30 heavy (non-hydrogen) atoms. The number of carbonyl (C=O) groups is 1. The van der Waals surface area contributed by atoms with E-state index in [1.54, 1.807) is 11.8 Å². The van der Waals surface area contributed by atoms with E-state index in [1.165, 1.54) is 27.3 Å².